The molecule has 1 heterocycles. The standard InChI is InChI=1S/C14H20N2/c1-2-10-16-11-12(6-5-9-15)13-7-3-4-8-14(13)16/h3-4,7-8,11H,2,5-6,9-10,15H2,1H3. The van der Waals surface area contributed by atoms with E-state index in [1.165, 1.54) is 22.9 Å². The molecule has 2 rings (SSSR count). The SMILES string of the molecule is CCCn1cc(CCCN)c2ccccc21. The smallest absolute Gasteiger partial charge is 0.0483 e. The van der Waals surface area contributed by atoms with Crippen LogP contribution in [0.4, 0.5) is 0 Å². The number of nitrogens with zero attached hydrogens (tertiary/aromatic N) is 1. The van der Waals surface area contributed by atoms with Gasteiger partial charge in [0.15, 0.2) is 0 Å². The van der Waals surface area contributed by atoms with Crippen LogP contribution in [0.3, 0.4) is 0 Å². The van der Waals surface area contributed by atoms with Crippen molar-refractivity contribution >= 4 is 10.9 Å². The predicted molar refractivity (Wildman–Crippen MR) is 69.6 cm³/mol. The zero-order valence-electron chi connectivity index (χ0n) is 9.95. The molecular weight excluding hydrogens is 196 g/mol. The second-order valence-corrected chi connectivity index (χ2v) is 4.26. The van der Waals surface area contributed by atoms with Crippen molar-refractivity contribution in [1.82, 2.24) is 4.57 Å². The van der Waals surface area contributed by atoms with Gasteiger partial charge < -0.3 is 10.3 Å². The molecule has 0 saturated heterocycles. The van der Waals surface area contributed by atoms with Crippen molar-refractivity contribution in [3.05, 3.63) is 36.0 Å². The van der Waals surface area contributed by atoms with E-state index in [2.05, 4.69) is 42.0 Å². The highest BCUT2D eigenvalue weighted by Gasteiger charge is 2.06. The second kappa shape index (κ2) is 5.17. The fraction of sp³-hybridized carbons (Fsp3) is 0.429. The first-order chi connectivity index (χ1) is 7.86. The highest BCUT2D eigenvalue weighted by atomic mass is 15.0. The van der Waals surface area contributed by atoms with E-state index in [0.29, 0.717) is 0 Å². The third-order valence-electron chi connectivity index (χ3n) is 2.99. The van der Waals surface area contributed by atoms with E-state index < -0.39 is 0 Å². The highest BCUT2D eigenvalue weighted by molar-refractivity contribution is 5.83. The van der Waals surface area contributed by atoms with Gasteiger partial charge in [0.2, 0.25) is 0 Å². The number of aromatic nitrogens is 1. The fourth-order valence-electron chi connectivity index (χ4n) is 2.24. The molecule has 1 aromatic heterocycles. The Hall–Kier alpha value is -1.28. The van der Waals surface area contributed by atoms with Crippen LogP contribution in [-0.4, -0.2) is 11.1 Å². The predicted octanol–water partition coefficient (Wildman–Crippen LogP) is 2.94. The molecule has 2 N–H and O–H groups in total. The van der Waals surface area contributed by atoms with Crippen molar-refractivity contribution in [1.29, 1.82) is 0 Å². The molecule has 16 heavy (non-hydrogen) atoms. The van der Waals surface area contributed by atoms with Crippen LogP contribution in [0.2, 0.25) is 0 Å². The lowest BCUT2D eigenvalue weighted by Crippen LogP contribution is -2.00. The summed E-state index contributed by atoms with van der Waals surface area (Å²) < 4.78 is 2.36. The van der Waals surface area contributed by atoms with Crippen LogP contribution in [0, 0.1) is 0 Å². The van der Waals surface area contributed by atoms with Crippen molar-refractivity contribution < 1.29 is 0 Å². The van der Waals surface area contributed by atoms with Crippen molar-refractivity contribution in [2.24, 2.45) is 5.73 Å². The van der Waals surface area contributed by atoms with Crippen LogP contribution in [0.1, 0.15) is 25.3 Å². The Bertz CT molecular complexity index is 457. The topological polar surface area (TPSA) is 30.9 Å². The molecule has 86 valence electrons. The molecule has 0 amide bonds. The Morgan fingerprint density at radius 3 is 2.81 bits per heavy atom. The van der Waals surface area contributed by atoms with Crippen molar-refractivity contribution in [3.8, 4) is 0 Å². The van der Waals surface area contributed by atoms with Crippen LogP contribution in [0.15, 0.2) is 30.5 Å². The number of benzene rings is 1. The quantitative estimate of drug-likeness (QED) is 0.818. The summed E-state index contributed by atoms with van der Waals surface area (Å²) in [5, 5.41) is 1.39. The summed E-state index contributed by atoms with van der Waals surface area (Å²) in [4.78, 5) is 0. The first kappa shape index (κ1) is 11.2. The maximum Gasteiger partial charge on any atom is 0.0483 e. The van der Waals surface area contributed by atoms with Gasteiger partial charge in [-0.15, -0.1) is 0 Å². The largest absolute Gasteiger partial charge is 0.347 e. The summed E-state index contributed by atoms with van der Waals surface area (Å²) in [5.41, 5.74) is 8.38. The summed E-state index contributed by atoms with van der Waals surface area (Å²) in [5.74, 6) is 0. The molecule has 0 unspecified atom stereocenters. The number of fused-ring (bicyclic) bond motifs is 1. The van der Waals surface area contributed by atoms with Gasteiger partial charge in [-0.1, -0.05) is 25.1 Å². The lowest BCUT2D eigenvalue weighted by Gasteiger charge is -2.01. The molecule has 0 bridgehead atoms. The Morgan fingerprint density at radius 2 is 2.06 bits per heavy atom. The number of hydrogen-bond donors (Lipinski definition) is 1. The van der Waals surface area contributed by atoms with Gasteiger partial charge in [-0.05, 0) is 37.4 Å². The van der Waals surface area contributed by atoms with Crippen LogP contribution in [0.5, 0.6) is 0 Å². The zero-order chi connectivity index (χ0) is 11.4. The van der Waals surface area contributed by atoms with Gasteiger partial charge in [-0.3, -0.25) is 0 Å². The maximum atomic E-state index is 5.58. The number of nitrogens with two attached hydrogens (primary N) is 1. The third-order valence-corrected chi connectivity index (χ3v) is 2.99. The maximum absolute atomic E-state index is 5.58. The molecule has 0 aliphatic rings. The van der Waals surface area contributed by atoms with Crippen LogP contribution >= 0.6 is 0 Å². The summed E-state index contributed by atoms with van der Waals surface area (Å²) in [6.07, 6.45) is 5.63. The van der Waals surface area contributed by atoms with Gasteiger partial charge in [0.25, 0.3) is 0 Å². The fourth-order valence-corrected chi connectivity index (χ4v) is 2.24. The average molecular weight is 216 g/mol. The van der Waals surface area contributed by atoms with E-state index in [-0.39, 0.29) is 0 Å². The highest BCUT2D eigenvalue weighted by Crippen LogP contribution is 2.22. The number of aryl methyl sites for hydroxylation is 2. The number of rotatable bonds is 5. The molecule has 1 aromatic carbocycles. The Labute approximate surface area is 97.1 Å². The Morgan fingerprint density at radius 1 is 1.25 bits per heavy atom. The minimum Gasteiger partial charge on any atom is -0.347 e. The summed E-state index contributed by atoms with van der Waals surface area (Å²) in [6, 6.07) is 8.65. The number of hydrogen-bond acceptors (Lipinski definition) is 1. The molecule has 0 atom stereocenters. The van der Waals surface area contributed by atoms with Gasteiger partial charge in [0, 0.05) is 23.6 Å². The molecule has 2 nitrogen and oxygen atoms in total. The van der Waals surface area contributed by atoms with E-state index in [1.807, 2.05) is 0 Å². The van der Waals surface area contributed by atoms with E-state index in [0.717, 1.165) is 25.9 Å². The first-order valence-electron chi connectivity index (χ1n) is 6.13. The van der Waals surface area contributed by atoms with E-state index in [1.54, 1.807) is 0 Å². The molecule has 0 aliphatic carbocycles. The minimum atomic E-state index is 0.771. The Kier molecular flexibility index (Phi) is 3.62. The third kappa shape index (κ3) is 2.12. The molecule has 0 spiro atoms. The molecule has 2 heteroatoms. The monoisotopic (exact) mass is 216 g/mol. The molecule has 0 saturated carbocycles. The van der Waals surface area contributed by atoms with E-state index in [9.17, 15) is 0 Å². The van der Waals surface area contributed by atoms with Crippen molar-refractivity contribution in [3.63, 3.8) is 0 Å². The van der Waals surface area contributed by atoms with Crippen molar-refractivity contribution in [2.45, 2.75) is 32.7 Å². The normalized spacial score (nSPS) is 11.1. The van der Waals surface area contributed by atoms with Crippen LogP contribution in [0.25, 0.3) is 10.9 Å². The summed E-state index contributed by atoms with van der Waals surface area (Å²) >= 11 is 0. The van der Waals surface area contributed by atoms with Gasteiger partial charge >= 0.3 is 0 Å². The molecule has 2 aromatic rings. The Balaban J connectivity index is 2.40. The summed E-state index contributed by atoms with van der Waals surface area (Å²) in [6.45, 7) is 4.09. The van der Waals surface area contributed by atoms with Crippen LogP contribution in [-0.2, 0) is 13.0 Å². The van der Waals surface area contributed by atoms with Gasteiger partial charge in [0.05, 0.1) is 0 Å². The average Bonchev–Trinajstić information content (AvgIpc) is 2.66. The molecular formula is C14H20N2. The second-order valence-electron chi connectivity index (χ2n) is 4.26. The van der Waals surface area contributed by atoms with Crippen LogP contribution < -0.4 is 5.73 Å². The molecule has 0 fully saturated rings. The van der Waals surface area contributed by atoms with Gasteiger partial charge in [-0.25, -0.2) is 0 Å². The zero-order valence-corrected chi connectivity index (χ0v) is 9.95. The molecule has 0 radical (unpaired) electrons. The lowest BCUT2D eigenvalue weighted by atomic mass is 10.1. The lowest BCUT2D eigenvalue weighted by molar-refractivity contribution is 0.699. The van der Waals surface area contributed by atoms with Crippen molar-refractivity contribution in [2.75, 3.05) is 6.54 Å². The molecule has 0 aliphatic heterocycles. The minimum absolute atomic E-state index is 0.771. The number of para-hydroxylation sites is 1. The van der Waals surface area contributed by atoms with E-state index >= 15 is 0 Å². The van der Waals surface area contributed by atoms with E-state index in [4.69, 9.17) is 5.73 Å². The summed E-state index contributed by atoms with van der Waals surface area (Å²) in [7, 11) is 0. The van der Waals surface area contributed by atoms with Gasteiger partial charge in [-0.2, -0.15) is 0 Å². The van der Waals surface area contributed by atoms with Gasteiger partial charge in [0.1, 0.15) is 0 Å². The first-order valence-corrected chi connectivity index (χ1v) is 6.13.